The number of aliphatic carboxylic acids is 1. The van der Waals surface area contributed by atoms with Crippen LogP contribution in [0.25, 0.3) is 0 Å². The lowest BCUT2D eigenvalue weighted by molar-refractivity contribution is -0.192. The van der Waals surface area contributed by atoms with Crippen molar-refractivity contribution in [1.29, 1.82) is 0 Å². The van der Waals surface area contributed by atoms with Gasteiger partial charge in [-0.2, -0.15) is 13.2 Å². The number of carboxylic acids is 1. The minimum atomic E-state index is -5.08. The molecule has 0 aromatic rings. The number of carbonyl (C=O) groups is 1. The van der Waals surface area contributed by atoms with E-state index in [0.717, 1.165) is 0 Å². The molecule has 74 valence electrons. The third-order valence-electron chi connectivity index (χ3n) is 0.682. The van der Waals surface area contributed by atoms with E-state index in [1.807, 2.05) is 0 Å². The zero-order valence-electron chi connectivity index (χ0n) is 9.35. The number of alkyl halides is 3. The van der Waals surface area contributed by atoms with Crippen LogP contribution in [0.4, 0.5) is 13.2 Å². The van der Waals surface area contributed by atoms with E-state index < -0.39 is 25.0 Å². The van der Waals surface area contributed by atoms with Crippen molar-refractivity contribution in [3.05, 3.63) is 0 Å². The number of nitrogens with two attached hydrogens (primary N) is 1. The molecular weight excluding hydrogens is 175 g/mol. The van der Waals surface area contributed by atoms with Crippen LogP contribution in [-0.4, -0.2) is 23.3 Å². The molecule has 0 spiro atoms. The summed E-state index contributed by atoms with van der Waals surface area (Å²) in [6.07, 6.45) is -4.57. The molecule has 0 radical (unpaired) electrons. The molecule has 0 saturated carbocycles. The van der Waals surface area contributed by atoms with Crippen molar-refractivity contribution in [3.8, 4) is 0 Å². The van der Waals surface area contributed by atoms with E-state index in [4.69, 9.17) is 19.7 Å². The van der Waals surface area contributed by atoms with Crippen LogP contribution in [-0.2, 0) is 4.79 Å². The van der Waals surface area contributed by atoms with Crippen molar-refractivity contribution in [2.45, 2.75) is 32.4 Å². The Bertz CT molecular complexity index is 205. The molecule has 1 unspecified atom stereocenters. The average Bonchev–Trinajstić information content (AvgIpc) is 2.00. The summed E-state index contributed by atoms with van der Waals surface area (Å²) in [6.45, 7) is -0.203. The monoisotopic (exact) mass is 190 g/mol. The van der Waals surface area contributed by atoms with E-state index in [0.29, 0.717) is 6.42 Å². The third-order valence-corrected chi connectivity index (χ3v) is 0.682. The van der Waals surface area contributed by atoms with Crippen molar-refractivity contribution in [1.82, 2.24) is 0 Å². The van der Waals surface area contributed by atoms with Gasteiger partial charge in [-0.3, -0.25) is 0 Å². The van der Waals surface area contributed by atoms with Crippen LogP contribution in [0, 0.1) is 0 Å². The Hall–Kier alpha value is -0.780. The lowest BCUT2D eigenvalue weighted by Crippen LogP contribution is -2.21. The van der Waals surface area contributed by atoms with Gasteiger partial charge < -0.3 is 10.8 Å². The van der Waals surface area contributed by atoms with Gasteiger partial charge in [0.2, 0.25) is 0 Å². The van der Waals surface area contributed by atoms with E-state index in [-0.39, 0.29) is 0 Å². The predicted molar refractivity (Wildman–Crippen MR) is 37.6 cm³/mol. The van der Waals surface area contributed by atoms with Crippen molar-refractivity contribution in [3.63, 3.8) is 0 Å². The second-order valence-electron chi connectivity index (χ2n) is 1.82. The molecular formula is C6H12F3NO2. The van der Waals surface area contributed by atoms with Crippen LogP contribution in [0.3, 0.4) is 0 Å². The summed E-state index contributed by atoms with van der Waals surface area (Å²) >= 11 is 0. The second kappa shape index (κ2) is 5.82. The smallest absolute Gasteiger partial charge is 0.475 e. The highest BCUT2D eigenvalue weighted by atomic mass is 19.4. The fourth-order valence-electron chi connectivity index (χ4n) is 0. The third kappa shape index (κ3) is 12.0. The van der Waals surface area contributed by atoms with Gasteiger partial charge in [-0.15, -0.1) is 0 Å². The first-order chi connectivity index (χ1) is 6.42. The lowest BCUT2D eigenvalue weighted by atomic mass is 10.3. The molecule has 0 rings (SSSR count). The summed E-state index contributed by atoms with van der Waals surface area (Å²) in [5, 5.41) is 7.12. The lowest BCUT2D eigenvalue weighted by Gasteiger charge is -1.93. The topological polar surface area (TPSA) is 63.3 Å². The molecule has 0 bridgehead atoms. The number of halogens is 3. The molecule has 0 saturated heterocycles. The van der Waals surface area contributed by atoms with Gasteiger partial charge in [-0.1, -0.05) is 6.92 Å². The standard InChI is InChI=1S/C4H11N.C2HF3O2/c1-3-4(2)5;3-2(4,5)1(6)7/h4H,3,5H2,1-2H3;(H,6,7)/i2D3;. The van der Waals surface area contributed by atoms with E-state index in [9.17, 15) is 13.2 Å². The number of carboxylic acid groups (broad SMARTS) is 1. The van der Waals surface area contributed by atoms with Crippen molar-refractivity contribution in [2.24, 2.45) is 5.73 Å². The van der Waals surface area contributed by atoms with Crippen LogP contribution in [0.15, 0.2) is 0 Å². The van der Waals surface area contributed by atoms with Gasteiger partial charge in [0, 0.05) is 10.2 Å². The Balaban J connectivity index is 0. The van der Waals surface area contributed by atoms with Gasteiger partial charge in [0.05, 0.1) is 0 Å². The van der Waals surface area contributed by atoms with Gasteiger partial charge in [-0.05, 0) is 13.3 Å². The first kappa shape index (κ1) is 7.85. The molecule has 1 atom stereocenters. The minimum absolute atomic E-state index is 0.510. The highest BCUT2D eigenvalue weighted by molar-refractivity contribution is 5.73. The largest absolute Gasteiger partial charge is 0.490 e. The molecule has 0 aromatic carbocycles. The molecule has 0 aliphatic rings. The summed E-state index contributed by atoms with van der Waals surface area (Å²) in [7, 11) is 0. The average molecular weight is 190 g/mol. The van der Waals surface area contributed by atoms with E-state index in [2.05, 4.69) is 0 Å². The fraction of sp³-hybridized carbons (Fsp3) is 0.833. The quantitative estimate of drug-likeness (QED) is 0.656. The molecule has 0 aromatic heterocycles. The van der Waals surface area contributed by atoms with Gasteiger partial charge in [0.1, 0.15) is 0 Å². The van der Waals surface area contributed by atoms with Gasteiger partial charge >= 0.3 is 12.1 Å². The van der Waals surface area contributed by atoms with Gasteiger partial charge in [0.15, 0.2) is 0 Å². The summed E-state index contributed by atoms with van der Waals surface area (Å²) in [5.74, 6) is -2.76. The SMILES string of the molecule is O=C(O)C(F)(F)F.[2H]C([2H])([2H])C(N)CC. The maximum absolute atomic E-state index is 10.6. The molecule has 0 aliphatic carbocycles. The Morgan fingerprint density at radius 1 is 1.75 bits per heavy atom. The summed E-state index contributed by atoms with van der Waals surface area (Å²) < 4.78 is 52.0. The second-order valence-corrected chi connectivity index (χ2v) is 1.82. The summed E-state index contributed by atoms with van der Waals surface area (Å²) in [4.78, 5) is 8.90. The van der Waals surface area contributed by atoms with Gasteiger partial charge in [0.25, 0.3) is 0 Å². The number of hydrogen-bond donors (Lipinski definition) is 2. The Morgan fingerprint density at radius 2 is 2.08 bits per heavy atom. The van der Waals surface area contributed by atoms with Crippen LogP contribution in [0.2, 0.25) is 0 Å². The van der Waals surface area contributed by atoms with Crippen molar-refractivity contribution >= 4 is 5.97 Å². The van der Waals surface area contributed by atoms with Crippen LogP contribution in [0.1, 0.15) is 24.3 Å². The molecule has 6 heteroatoms. The van der Waals surface area contributed by atoms with Crippen molar-refractivity contribution in [2.75, 3.05) is 0 Å². The number of hydrogen-bond acceptors (Lipinski definition) is 2. The number of rotatable bonds is 1. The predicted octanol–water partition coefficient (Wildman–Crippen LogP) is 1.38. The maximum Gasteiger partial charge on any atom is 0.490 e. The Labute approximate surface area is 72.6 Å². The zero-order chi connectivity index (χ0) is 12.9. The minimum Gasteiger partial charge on any atom is -0.475 e. The highest BCUT2D eigenvalue weighted by Gasteiger charge is 2.38. The molecule has 0 heterocycles. The van der Waals surface area contributed by atoms with Crippen LogP contribution >= 0.6 is 0 Å². The molecule has 12 heavy (non-hydrogen) atoms. The van der Waals surface area contributed by atoms with Crippen LogP contribution < -0.4 is 5.73 Å². The first-order valence-corrected chi connectivity index (χ1v) is 2.98. The van der Waals surface area contributed by atoms with Crippen LogP contribution in [0.5, 0.6) is 0 Å². The summed E-state index contributed by atoms with van der Waals surface area (Å²) in [6, 6.07) is -0.650. The maximum atomic E-state index is 10.6. The fourth-order valence-corrected chi connectivity index (χ4v) is 0. The molecule has 3 nitrogen and oxygen atoms in total. The van der Waals surface area contributed by atoms with Gasteiger partial charge in [-0.25, -0.2) is 4.79 Å². The van der Waals surface area contributed by atoms with E-state index in [1.54, 1.807) is 6.92 Å². The highest BCUT2D eigenvalue weighted by Crippen LogP contribution is 2.13. The molecule has 0 amide bonds. The van der Waals surface area contributed by atoms with Crippen molar-refractivity contribution < 1.29 is 27.2 Å². The van der Waals surface area contributed by atoms with E-state index >= 15 is 0 Å². The van der Waals surface area contributed by atoms with E-state index in [1.165, 1.54) is 0 Å². The normalized spacial score (nSPS) is 17.6. The first-order valence-electron chi connectivity index (χ1n) is 4.48. The Kier molecular flexibility index (Phi) is 3.80. The summed E-state index contributed by atoms with van der Waals surface area (Å²) in [5.41, 5.74) is 5.19. The Morgan fingerprint density at radius 3 is 2.08 bits per heavy atom. The molecule has 0 fully saturated rings. The molecule has 0 aliphatic heterocycles. The zero-order valence-corrected chi connectivity index (χ0v) is 6.35. The molecule has 3 N–H and O–H groups in total.